The number of halogens is 2. The zero-order valence-corrected chi connectivity index (χ0v) is 15.8. The molecule has 0 bridgehead atoms. The Kier molecular flexibility index (Phi) is 6.93. The molecule has 2 aromatic rings. The average molecular weight is 371 g/mol. The summed E-state index contributed by atoms with van der Waals surface area (Å²) in [6.07, 6.45) is 2.84. The molecule has 2 rings (SSSR count). The van der Waals surface area contributed by atoms with Gasteiger partial charge in [0.2, 0.25) is 0 Å². The van der Waals surface area contributed by atoms with Gasteiger partial charge >= 0.3 is 0 Å². The molecule has 4 nitrogen and oxygen atoms in total. The number of nitrogens with zero attached hydrogens (tertiary/aromatic N) is 3. The van der Waals surface area contributed by atoms with E-state index in [1.807, 2.05) is 37.9 Å². The highest BCUT2D eigenvalue weighted by atomic mass is 35.5. The van der Waals surface area contributed by atoms with E-state index in [1.54, 1.807) is 0 Å². The molecule has 2 heterocycles. The molecule has 0 aliphatic rings. The number of hydrogen-bond donors (Lipinski definition) is 1. The quantitative estimate of drug-likeness (QED) is 0.431. The van der Waals surface area contributed by atoms with Gasteiger partial charge in [0.25, 0.3) is 0 Å². The number of pyridine rings is 1. The van der Waals surface area contributed by atoms with Crippen molar-refractivity contribution in [2.24, 2.45) is 0 Å². The van der Waals surface area contributed by atoms with Crippen LogP contribution in [0.5, 0.6) is 0 Å². The first kappa shape index (κ1) is 18.3. The molecule has 2 aromatic heterocycles. The fourth-order valence-corrected chi connectivity index (χ4v) is 3.56. The number of aryl methyl sites for hydroxylation is 2. The van der Waals surface area contributed by atoms with Crippen LogP contribution in [0.2, 0.25) is 5.02 Å². The van der Waals surface area contributed by atoms with Gasteiger partial charge in [-0.1, -0.05) is 11.6 Å². The number of aromatic nitrogens is 3. The summed E-state index contributed by atoms with van der Waals surface area (Å²) in [5.41, 5.74) is 2.95. The molecule has 1 N–H and O–H groups in total. The molecule has 0 spiro atoms. The average Bonchev–Trinajstić information content (AvgIpc) is 2.52. The molecule has 7 heteroatoms. The third-order valence-corrected chi connectivity index (χ3v) is 5.31. The second-order valence-corrected chi connectivity index (χ2v) is 7.04. The zero-order valence-electron chi connectivity index (χ0n) is 13.5. The van der Waals surface area contributed by atoms with Crippen molar-refractivity contribution in [1.29, 1.82) is 0 Å². The van der Waals surface area contributed by atoms with Crippen LogP contribution in [-0.2, 0) is 6.54 Å². The molecule has 0 unspecified atom stereocenters. The van der Waals surface area contributed by atoms with E-state index >= 15 is 0 Å². The molecule has 124 valence electrons. The second kappa shape index (κ2) is 8.71. The normalized spacial score (nSPS) is 10.8. The SMILES string of the molecule is Cc1nc(C)c(Cl)c(NCc2nccc(SCCCCl)c2C)n1. The number of thioether (sulfide) groups is 1. The number of alkyl halides is 1. The van der Waals surface area contributed by atoms with Gasteiger partial charge in [0, 0.05) is 17.0 Å². The minimum absolute atomic E-state index is 0.556. The smallest absolute Gasteiger partial charge is 0.149 e. The monoisotopic (exact) mass is 370 g/mol. The van der Waals surface area contributed by atoms with Crippen LogP contribution in [0.15, 0.2) is 17.2 Å². The molecule has 0 fully saturated rings. The van der Waals surface area contributed by atoms with Crippen molar-refractivity contribution in [3.05, 3.63) is 40.1 Å². The summed E-state index contributed by atoms with van der Waals surface area (Å²) in [4.78, 5) is 14.3. The summed E-state index contributed by atoms with van der Waals surface area (Å²) in [5, 5.41) is 3.83. The topological polar surface area (TPSA) is 50.7 Å². The Labute approximate surface area is 151 Å². The highest BCUT2D eigenvalue weighted by Gasteiger charge is 2.10. The summed E-state index contributed by atoms with van der Waals surface area (Å²) >= 11 is 13.8. The lowest BCUT2D eigenvalue weighted by molar-refractivity contribution is 0.954. The summed E-state index contributed by atoms with van der Waals surface area (Å²) < 4.78 is 0. The molecule has 0 amide bonds. The van der Waals surface area contributed by atoms with Gasteiger partial charge in [-0.15, -0.1) is 23.4 Å². The van der Waals surface area contributed by atoms with Crippen molar-refractivity contribution in [3.63, 3.8) is 0 Å². The van der Waals surface area contributed by atoms with E-state index in [0.717, 1.165) is 23.6 Å². The van der Waals surface area contributed by atoms with Crippen molar-refractivity contribution >= 4 is 40.8 Å². The lowest BCUT2D eigenvalue weighted by Crippen LogP contribution is -2.08. The minimum Gasteiger partial charge on any atom is -0.363 e. The molecule has 0 saturated carbocycles. The van der Waals surface area contributed by atoms with Crippen molar-refractivity contribution in [1.82, 2.24) is 15.0 Å². The predicted molar refractivity (Wildman–Crippen MR) is 98.9 cm³/mol. The van der Waals surface area contributed by atoms with Crippen LogP contribution < -0.4 is 5.32 Å². The van der Waals surface area contributed by atoms with Crippen molar-refractivity contribution < 1.29 is 0 Å². The Balaban J connectivity index is 2.10. The highest BCUT2D eigenvalue weighted by Crippen LogP contribution is 2.26. The summed E-state index contributed by atoms with van der Waals surface area (Å²) in [5.74, 6) is 3.05. The van der Waals surface area contributed by atoms with Crippen molar-refractivity contribution in [2.75, 3.05) is 16.9 Å². The number of anilines is 1. The Morgan fingerprint density at radius 3 is 2.74 bits per heavy atom. The molecule has 0 aliphatic heterocycles. The van der Waals surface area contributed by atoms with E-state index in [2.05, 4.69) is 27.2 Å². The maximum atomic E-state index is 6.26. The molecule has 0 radical (unpaired) electrons. The molecule has 0 aromatic carbocycles. The lowest BCUT2D eigenvalue weighted by atomic mass is 10.2. The molecular formula is C16H20Cl2N4S. The summed E-state index contributed by atoms with van der Waals surface area (Å²) in [6, 6.07) is 2.05. The van der Waals surface area contributed by atoms with Crippen LogP contribution in [0.1, 0.15) is 29.2 Å². The van der Waals surface area contributed by atoms with Crippen molar-refractivity contribution in [2.45, 2.75) is 38.6 Å². The number of nitrogens with one attached hydrogen (secondary N) is 1. The largest absolute Gasteiger partial charge is 0.363 e. The van der Waals surface area contributed by atoms with Gasteiger partial charge in [0.15, 0.2) is 0 Å². The van der Waals surface area contributed by atoms with E-state index in [1.165, 1.54) is 10.5 Å². The first-order valence-electron chi connectivity index (χ1n) is 7.40. The van der Waals surface area contributed by atoms with Crippen LogP contribution in [-0.4, -0.2) is 26.6 Å². The van der Waals surface area contributed by atoms with E-state index in [4.69, 9.17) is 23.2 Å². The third-order valence-electron chi connectivity index (χ3n) is 3.35. The van der Waals surface area contributed by atoms with Gasteiger partial charge in [-0.2, -0.15) is 0 Å². The Hall–Kier alpha value is -1.04. The number of hydrogen-bond acceptors (Lipinski definition) is 5. The van der Waals surface area contributed by atoms with E-state index < -0.39 is 0 Å². The van der Waals surface area contributed by atoms with Gasteiger partial charge < -0.3 is 5.32 Å². The second-order valence-electron chi connectivity index (χ2n) is 5.14. The standard InChI is InChI=1S/C16H20Cl2N4S/c1-10-13(19-7-5-14(10)23-8-4-6-17)9-20-16-15(18)11(2)21-12(3)22-16/h5,7H,4,6,8-9H2,1-3H3,(H,20,21,22). The Morgan fingerprint density at radius 2 is 2.00 bits per heavy atom. The maximum Gasteiger partial charge on any atom is 0.149 e. The molecule has 0 atom stereocenters. The van der Waals surface area contributed by atoms with E-state index in [9.17, 15) is 0 Å². The van der Waals surface area contributed by atoms with Gasteiger partial charge in [0.1, 0.15) is 16.7 Å². The van der Waals surface area contributed by atoms with Gasteiger partial charge in [-0.05, 0) is 44.6 Å². The van der Waals surface area contributed by atoms with Crippen LogP contribution in [0.4, 0.5) is 5.82 Å². The minimum atomic E-state index is 0.556. The van der Waals surface area contributed by atoms with Crippen LogP contribution in [0.3, 0.4) is 0 Å². The molecule has 0 aliphatic carbocycles. The third kappa shape index (κ3) is 4.96. The fraction of sp³-hybridized carbons (Fsp3) is 0.438. The lowest BCUT2D eigenvalue weighted by Gasteiger charge is -2.13. The Morgan fingerprint density at radius 1 is 1.22 bits per heavy atom. The van der Waals surface area contributed by atoms with Crippen molar-refractivity contribution in [3.8, 4) is 0 Å². The fourth-order valence-electron chi connectivity index (χ4n) is 2.11. The number of rotatable bonds is 7. The summed E-state index contributed by atoms with van der Waals surface area (Å²) in [7, 11) is 0. The zero-order chi connectivity index (χ0) is 16.8. The van der Waals surface area contributed by atoms with Gasteiger partial charge in [-0.25, -0.2) is 9.97 Å². The molecular weight excluding hydrogens is 351 g/mol. The predicted octanol–water partition coefficient (Wildman–Crippen LogP) is 4.78. The van der Waals surface area contributed by atoms with Crippen LogP contribution in [0.25, 0.3) is 0 Å². The van der Waals surface area contributed by atoms with E-state index in [-0.39, 0.29) is 0 Å². The highest BCUT2D eigenvalue weighted by molar-refractivity contribution is 7.99. The van der Waals surface area contributed by atoms with Gasteiger partial charge in [0.05, 0.1) is 17.9 Å². The van der Waals surface area contributed by atoms with Gasteiger partial charge in [-0.3, -0.25) is 4.98 Å². The first-order chi connectivity index (χ1) is 11.0. The first-order valence-corrected chi connectivity index (χ1v) is 9.30. The Bertz CT molecular complexity index is 679. The molecule has 0 saturated heterocycles. The summed E-state index contributed by atoms with van der Waals surface area (Å²) in [6.45, 7) is 6.39. The van der Waals surface area contributed by atoms with Crippen LogP contribution in [0, 0.1) is 20.8 Å². The van der Waals surface area contributed by atoms with E-state index in [0.29, 0.717) is 29.1 Å². The maximum absolute atomic E-state index is 6.26. The molecule has 23 heavy (non-hydrogen) atoms. The van der Waals surface area contributed by atoms with Crippen LogP contribution >= 0.6 is 35.0 Å².